The lowest BCUT2D eigenvalue weighted by Crippen LogP contribution is -2.31. The number of hydrogen-bond donors (Lipinski definition) is 1. The highest BCUT2D eigenvalue weighted by Crippen LogP contribution is 2.22. The molecule has 0 spiro atoms. The Balaban J connectivity index is 1.45. The zero-order valence-electron chi connectivity index (χ0n) is 15.1. The molecule has 0 bridgehead atoms. The van der Waals surface area contributed by atoms with Crippen LogP contribution >= 0.6 is 0 Å². The summed E-state index contributed by atoms with van der Waals surface area (Å²) >= 11 is 0. The van der Waals surface area contributed by atoms with Gasteiger partial charge in [-0.2, -0.15) is 0 Å². The molecule has 2 aromatic carbocycles. The maximum absolute atomic E-state index is 12.4. The molecule has 2 heterocycles. The summed E-state index contributed by atoms with van der Waals surface area (Å²) in [4.78, 5) is 23.4. The van der Waals surface area contributed by atoms with Crippen molar-refractivity contribution in [1.82, 2.24) is 9.97 Å². The minimum absolute atomic E-state index is 0.251. The fourth-order valence-electron chi connectivity index (χ4n) is 3.17. The van der Waals surface area contributed by atoms with Crippen LogP contribution in [0.2, 0.25) is 0 Å². The first-order valence-corrected chi connectivity index (χ1v) is 8.82. The Hall–Kier alpha value is -3.41. The standard InChI is InChI=1S/C21H20N4O2/c1-27-19-8-4-7-18(11-19)24-20(26)17-12-22-21(23-13-17)25-10-9-15-5-2-3-6-16(15)14-25/h2-8,11-13H,9-10,14H2,1H3,(H,24,26). The van der Waals surface area contributed by atoms with Crippen LogP contribution in [-0.2, 0) is 13.0 Å². The van der Waals surface area contributed by atoms with E-state index < -0.39 is 0 Å². The van der Waals surface area contributed by atoms with Crippen molar-refractivity contribution in [2.24, 2.45) is 0 Å². The van der Waals surface area contributed by atoms with Gasteiger partial charge in [-0.15, -0.1) is 0 Å². The number of amides is 1. The molecule has 4 rings (SSSR count). The second kappa shape index (κ2) is 7.45. The minimum atomic E-state index is -0.251. The van der Waals surface area contributed by atoms with E-state index in [0.717, 1.165) is 19.5 Å². The normalized spacial score (nSPS) is 13.0. The van der Waals surface area contributed by atoms with Crippen LogP contribution in [0.4, 0.5) is 11.6 Å². The number of ether oxygens (including phenoxy) is 1. The van der Waals surface area contributed by atoms with Gasteiger partial charge in [0.25, 0.3) is 5.91 Å². The fraction of sp³-hybridized carbons (Fsp3) is 0.190. The molecular weight excluding hydrogens is 340 g/mol. The molecule has 0 unspecified atom stereocenters. The molecule has 27 heavy (non-hydrogen) atoms. The topological polar surface area (TPSA) is 67.3 Å². The first-order chi connectivity index (χ1) is 13.2. The Morgan fingerprint density at radius 1 is 1.07 bits per heavy atom. The van der Waals surface area contributed by atoms with Crippen LogP contribution in [0.1, 0.15) is 21.5 Å². The summed E-state index contributed by atoms with van der Waals surface area (Å²) in [6.07, 6.45) is 4.11. The predicted octanol–water partition coefficient (Wildman–Crippen LogP) is 3.30. The van der Waals surface area contributed by atoms with Crippen LogP contribution in [0.15, 0.2) is 60.9 Å². The zero-order chi connectivity index (χ0) is 18.6. The highest BCUT2D eigenvalue weighted by molar-refractivity contribution is 6.04. The SMILES string of the molecule is COc1cccc(NC(=O)c2cnc(N3CCc4ccccc4C3)nc2)c1. The lowest BCUT2D eigenvalue weighted by atomic mass is 10.0. The molecule has 0 saturated heterocycles. The molecule has 1 aliphatic rings. The summed E-state index contributed by atoms with van der Waals surface area (Å²) in [5, 5.41) is 2.83. The van der Waals surface area contributed by atoms with E-state index >= 15 is 0 Å². The number of carbonyl (C=O) groups excluding carboxylic acids is 1. The third-order valence-electron chi connectivity index (χ3n) is 4.64. The average molecular weight is 360 g/mol. The van der Waals surface area contributed by atoms with Gasteiger partial charge in [0.15, 0.2) is 0 Å². The molecule has 1 aromatic heterocycles. The van der Waals surface area contributed by atoms with Crippen molar-refractivity contribution in [3.8, 4) is 5.75 Å². The molecule has 0 aliphatic carbocycles. The van der Waals surface area contributed by atoms with Gasteiger partial charge in [0, 0.05) is 37.2 Å². The number of anilines is 2. The molecule has 0 fully saturated rings. The summed E-state index contributed by atoms with van der Waals surface area (Å²) in [5.41, 5.74) is 3.75. The first-order valence-electron chi connectivity index (χ1n) is 8.82. The molecule has 136 valence electrons. The van der Waals surface area contributed by atoms with Crippen molar-refractivity contribution in [1.29, 1.82) is 0 Å². The van der Waals surface area contributed by atoms with Gasteiger partial charge in [0.05, 0.1) is 12.7 Å². The van der Waals surface area contributed by atoms with Gasteiger partial charge >= 0.3 is 0 Å². The second-order valence-electron chi connectivity index (χ2n) is 6.40. The van der Waals surface area contributed by atoms with E-state index in [1.54, 1.807) is 31.6 Å². The van der Waals surface area contributed by atoms with E-state index in [2.05, 4.69) is 44.5 Å². The van der Waals surface area contributed by atoms with Gasteiger partial charge in [-0.05, 0) is 29.7 Å². The molecule has 0 atom stereocenters. The molecule has 6 nitrogen and oxygen atoms in total. The third-order valence-corrected chi connectivity index (χ3v) is 4.64. The van der Waals surface area contributed by atoms with Crippen molar-refractivity contribution in [3.05, 3.63) is 77.6 Å². The van der Waals surface area contributed by atoms with Crippen LogP contribution in [-0.4, -0.2) is 29.5 Å². The highest BCUT2D eigenvalue weighted by atomic mass is 16.5. The van der Waals surface area contributed by atoms with Crippen LogP contribution in [0.5, 0.6) is 5.75 Å². The van der Waals surface area contributed by atoms with Crippen molar-refractivity contribution >= 4 is 17.5 Å². The minimum Gasteiger partial charge on any atom is -0.497 e. The molecule has 1 N–H and O–H groups in total. The van der Waals surface area contributed by atoms with Crippen LogP contribution < -0.4 is 15.0 Å². The quantitative estimate of drug-likeness (QED) is 0.773. The Morgan fingerprint density at radius 2 is 1.85 bits per heavy atom. The van der Waals surface area contributed by atoms with Crippen LogP contribution in [0, 0.1) is 0 Å². The van der Waals surface area contributed by atoms with Gasteiger partial charge < -0.3 is 15.0 Å². The second-order valence-corrected chi connectivity index (χ2v) is 6.40. The number of nitrogens with one attached hydrogen (secondary N) is 1. The third kappa shape index (κ3) is 3.74. The number of aromatic nitrogens is 2. The largest absolute Gasteiger partial charge is 0.497 e. The van der Waals surface area contributed by atoms with Gasteiger partial charge in [0.2, 0.25) is 5.95 Å². The van der Waals surface area contributed by atoms with Crippen molar-refractivity contribution in [2.45, 2.75) is 13.0 Å². The molecule has 1 amide bonds. The summed E-state index contributed by atoms with van der Waals surface area (Å²) < 4.78 is 5.17. The Labute approximate surface area is 157 Å². The molecule has 0 radical (unpaired) electrons. The summed E-state index contributed by atoms with van der Waals surface area (Å²) in [6, 6.07) is 15.6. The maximum atomic E-state index is 12.4. The van der Waals surface area contributed by atoms with Gasteiger partial charge in [0.1, 0.15) is 5.75 Å². The van der Waals surface area contributed by atoms with E-state index in [1.807, 2.05) is 12.1 Å². The molecular formula is C21H20N4O2. The van der Waals surface area contributed by atoms with Gasteiger partial charge in [-0.3, -0.25) is 4.79 Å². The van der Waals surface area contributed by atoms with Crippen LogP contribution in [0.25, 0.3) is 0 Å². The maximum Gasteiger partial charge on any atom is 0.258 e. The number of rotatable bonds is 4. The lowest BCUT2D eigenvalue weighted by molar-refractivity contribution is 0.102. The lowest BCUT2D eigenvalue weighted by Gasteiger charge is -2.28. The van der Waals surface area contributed by atoms with Gasteiger partial charge in [-0.25, -0.2) is 9.97 Å². The fourth-order valence-corrected chi connectivity index (χ4v) is 3.17. The van der Waals surface area contributed by atoms with Crippen molar-refractivity contribution in [3.63, 3.8) is 0 Å². The van der Waals surface area contributed by atoms with E-state index in [4.69, 9.17) is 4.74 Å². The molecule has 3 aromatic rings. The molecule has 1 aliphatic heterocycles. The van der Waals surface area contributed by atoms with Crippen LogP contribution in [0.3, 0.4) is 0 Å². The van der Waals surface area contributed by atoms with E-state index in [0.29, 0.717) is 22.9 Å². The number of carbonyl (C=O) groups is 1. The van der Waals surface area contributed by atoms with E-state index in [-0.39, 0.29) is 5.91 Å². The summed E-state index contributed by atoms with van der Waals surface area (Å²) in [5.74, 6) is 1.08. The number of fused-ring (bicyclic) bond motifs is 1. The molecule has 6 heteroatoms. The number of hydrogen-bond acceptors (Lipinski definition) is 5. The average Bonchev–Trinajstić information content (AvgIpc) is 2.73. The highest BCUT2D eigenvalue weighted by Gasteiger charge is 2.18. The summed E-state index contributed by atoms with van der Waals surface area (Å²) in [6.45, 7) is 1.65. The monoisotopic (exact) mass is 360 g/mol. The number of methoxy groups -OCH3 is 1. The van der Waals surface area contributed by atoms with Crippen molar-refractivity contribution < 1.29 is 9.53 Å². The summed E-state index contributed by atoms with van der Waals surface area (Å²) in [7, 11) is 1.59. The Bertz CT molecular complexity index is 956. The Kier molecular flexibility index (Phi) is 4.70. The first kappa shape index (κ1) is 17.0. The predicted molar refractivity (Wildman–Crippen MR) is 104 cm³/mol. The molecule has 0 saturated carbocycles. The van der Waals surface area contributed by atoms with E-state index in [1.165, 1.54) is 11.1 Å². The van der Waals surface area contributed by atoms with Gasteiger partial charge in [-0.1, -0.05) is 30.3 Å². The van der Waals surface area contributed by atoms with E-state index in [9.17, 15) is 4.79 Å². The number of nitrogens with zero attached hydrogens (tertiary/aromatic N) is 3. The zero-order valence-corrected chi connectivity index (χ0v) is 15.1. The van der Waals surface area contributed by atoms with Crippen molar-refractivity contribution in [2.75, 3.05) is 23.9 Å². The number of benzene rings is 2. The Morgan fingerprint density at radius 3 is 2.63 bits per heavy atom. The smallest absolute Gasteiger partial charge is 0.258 e.